The van der Waals surface area contributed by atoms with E-state index in [4.69, 9.17) is 47.7 Å². The molecule has 3 unspecified atom stereocenters. The van der Waals surface area contributed by atoms with Crippen molar-refractivity contribution in [1.82, 2.24) is 29.7 Å². The zero-order chi connectivity index (χ0) is 63.3. The number of ether oxygens (including phenoxy) is 9. The summed E-state index contributed by atoms with van der Waals surface area (Å²) in [6, 6.07) is 0. The van der Waals surface area contributed by atoms with Crippen LogP contribution in [0.15, 0.2) is 24.3 Å². The van der Waals surface area contributed by atoms with E-state index in [1.54, 1.807) is 27.0 Å². The van der Waals surface area contributed by atoms with Gasteiger partial charge in [0.1, 0.15) is 55.1 Å². The van der Waals surface area contributed by atoms with Crippen LogP contribution >= 0.6 is 0 Å². The molecule has 7 heterocycles. The molecule has 26 heteroatoms. The highest BCUT2D eigenvalue weighted by atomic mass is 16.7. The summed E-state index contributed by atoms with van der Waals surface area (Å²) in [5, 5.41) is 92.3. The van der Waals surface area contributed by atoms with Gasteiger partial charge in [0, 0.05) is 56.7 Å². The van der Waals surface area contributed by atoms with Crippen LogP contribution in [0, 0.1) is 34.5 Å². The smallest absolute Gasteiger partial charge is 0.331 e. The highest BCUT2D eigenvalue weighted by Crippen LogP contribution is 2.70. The van der Waals surface area contributed by atoms with Crippen LogP contribution in [0.3, 0.4) is 0 Å². The molecule has 8 fully saturated rings. The van der Waals surface area contributed by atoms with Gasteiger partial charge in [-0.05, 0) is 140 Å². The molecule has 4 aliphatic carbocycles. The molecule has 2 aromatic heterocycles. The third kappa shape index (κ3) is 13.6. The number of carboxylic acids is 1. The fourth-order valence-corrected chi connectivity index (χ4v) is 17.3. The Morgan fingerprint density at radius 1 is 0.753 bits per heavy atom. The zero-order valence-electron chi connectivity index (χ0n) is 52.2. The Kier molecular flexibility index (Phi) is 20.6. The zero-order valence-corrected chi connectivity index (χ0v) is 52.2. The number of hydrogen-bond donors (Lipinski definition) is 9. The average molecular weight is 1260 g/mol. The Bertz CT molecular complexity index is 2780. The molecular weight excluding hydrogens is 1160 g/mol. The third-order valence-corrected chi connectivity index (χ3v) is 22.2. The summed E-state index contributed by atoms with van der Waals surface area (Å²) in [6.07, 6.45) is -0.567. The summed E-state index contributed by atoms with van der Waals surface area (Å²) in [5.41, 5.74) is 0.228. The third-order valence-electron chi connectivity index (χ3n) is 22.2. The van der Waals surface area contributed by atoms with Crippen molar-refractivity contribution in [1.29, 1.82) is 0 Å². The number of aliphatic carboxylic acids is 1. The van der Waals surface area contributed by atoms with Crippen LogP contribution in [0.4, 0.5) is 0 Å². The van der Waals surface area contributed by atoms with Gasteiger partial charge in [-0.1, -0.05) is 20.3 Å². The lowest BCUT2D eigenvalue weighted by Gasteiger charge is -2.65. The van der Waals surface area contributed by atoms with Crippen LogP contribution < -0.4 is 5.32 Å². The summed E-state index contributed by atoms with van der Waals surface area (Å²) in [6.45, 7) is 11.2. The summed E-state index contributed by atoms with van der Waals surface area (Å²) in [4.78, 5) is 50.8. The quantitative estimate of drug-likeness (QED) is 0.0439. The lowest BCUT2D eigenvalue weighted by atomic mass is 9.42. The number of cyclic esters (lactones) is 1. The molecule has 89 heavy (non-hydrogen) atoms. The van der Waals surface area contributed by atoms with E-state index in [9.17, 15) is 50.1 Å². The van der Waals surface area contributed by atoms with E-state index in [0.29, 0.717) is 74.5 Å². The molecule has 498 valence electrons. The number of esters is 1. The Balaban J connectivity index is 0.563. The van der Waals surface area contributed by atoms with Crippen LogP contribution in [-0.4, -0.2) is 226 Å². The fraction of sp³-hybridized carbons (Fsp3) is 0.841. The van der Waals surface area contributed by atoms with E-state index >= 15 is 0 Å². The molecule has 4 saturated heterocycles. The number of nitrogens with one attached hydrogen (secondary N) is 1. The van der Waals surface area contributed by atoms with Crippen molar-refractivity contribution in [2.45, 2.75) is 266 Å². The molecular formula is C63H96N6O20. The number of likely N-dealkylation sites (N-methyl/N-ethyl adjacent to an activating group) is 1. The molecule has 4 saturated carbocycles. The van der Waals surface area contributed by atoms with Gasteiger partial charge in [0.05, 0.1) is 73.0 Å². The normalized spacial score (nSPS) is 43.1. The number of aliphatic hydroxyl groups is 7. The predicted molar refractivity (Wildman–Crippen MR) is 312 cm³/mol. The number of fused-ring (bicyclic) bond motifs is 6. The van der Waals surface area contributed by atoms with E-state index in [1.807, 2.05) is 18.7 Å². The highest BCUT2D eigenvalue weighted by Gasteiger charge is 2.71. The number of carbonyl (C=O) groups is 3. The van der Waals surface area contributed by atoms with E-state index < -0.39 is 121 Å². The van der Waals surface area contributed by atoms with Gasteiger partial charge in [-0.15, -0.1) is 0 Å². The van der Waals surface area contributed by atoms with Gasteiger partial charge in [-0.3, -0.25) is 14.2 Å². The minimum absolute atomic E-state index is 0.0200. The van der Waals surface area contributed by atoms with Crippen molar-refractivity contribution >= 4 is 29.0 Å². The molecule has 2 aromatic rings. The number of nitrogens with zero attached hydrogens (tertiary/aromatic N) is 5. The average Bonchev–Trinajstić information content (AvgIpc) is 1.64. The molecule has 25 atom stereocenters. The Morgan fingerprint density at radius 3 is 2.08 bits per heavy atom. The van der Waals surface area contributed by atoms with Crippen molar-refractivity contribution in [3.63, 3.8) is 0 Å². The molecule has 5 aliphatic heterocycles. The van der Waals surface area contributed by atoms with Crippen molar-refractivity contribution in [2.75, 3.05) is 33.4 Å². The van der Waals surface area contributed by atoms with Gasteiger partial charge >= 0.3 is 11.9 Å². The minimum Gasteiger partial charge on any atom is -0.481 e. The maximum atomic E-state index is 12.9. The molecule has 9 N–H and O–H groups in total. The first-order valence-electron chi connectivity index (χ1n) is 32.7. The largest absolute Gasteiger partial charge is 0.481 e. The molecule has 1 amide bonds. The first-order valence-corrected chi connectivity index (χ1v) is 32.7. The summed E-state index contributed by atoms with van der Waals surface area (Å²) in [5.74, 6) is -0.993. The van der Waals surface area contributed by atoms with Crippen molar-refractivity contribution in [2.24, 2.45) is 34.5 Å². The van der Waals surface area contributed by atoms with Crippen molar-refractivity contribution in [3.05, 3.63) is 30.0 Å². The second kappa shape index (κ2) is 27.6. The fourth-order valence-electron chi connectivity index (χ4n) is 17.3. The minimum atomic E-state index is -1.28. The summed E-state index contributed by atoms with van der Waals surface area (Å²) in [7, 11) is 1.79. The van der Waals surface area contributed by atoms with Crippen molar-refractivity contribution in [3.8, 4) is 0 Å². The van der Waals surface area contributed by atoms with Crippen LogP contribution in [-0.2, 0) is 63.6 Å². The van der Waals surface area contributed by atoms with Crippen LogP contribution in [0.5, 0.6) is 0 Å². The van der Waals surface area contributed by atoms with Gasteiger partial charge < -0.3 is 93.7 Å². The lowest BCUT2D eigenvalue weighted by molar-refractivity contribution is -0.337. The standard InChI is InChI=1S/C63H96N6O20/c1-32-56(81-20-9-7-8-11-47(74)64-27-41-53-59(66-30-65-41)69(31-67-53)60-55(79)54(78)45(87-60)28-68(6)19-10-12-48(75)76)42(70)24-51(83-32)88-58-34(3)85-52(26-44(58)72)89-57-33(2)84-50(25-43(57)71)86-37-15-17-61(4)36(22-37)13-14-39-40(61)23-46(73)62(5)38(16-18-63(39,62)80)35-21-49(77)82-29-35/h21,30-34,36-40,42-46,50-52,54-58,60,70-73,78-80H,7-20,22-29H2,1-6H3,(H,64,74)(H,75,76)/t32-,33-,34-,36-,37-,38-,39?,40+,42+,43+,44+,45-,46-,50+,51?,52?,54-,55-,56-,57-,58-,60-,61+,62+,63+/m1/s1. The highest BCUT2D eigenvalue weighted by molar-refractivity contribution is 5.85. The first-order chi connectivity index (χ1) is 42.4. The SMILES string of the molecule is C[C@H]1OC(O[C@H]2[C@@H](O)CC(O[C@H]3[C@@H](O)C[C@H](O[C@@H]4CC[C@@]5(C)[C@H](CCC6[C@@H]5C[C@@H](O)[C@]5(C)[C@@H](C7=CC(=O)OC7)CC[C@]65O)C4)O[C@@H]3C)O[C@@H]2C)C[C@H](O)[C@@H]1OCCCCCC(=O)NCc1ncnc2c1ncn2[C@@H]1O[C@H](CN(C)CCCC(=O)O)[C@@H](O)[C@H]1O. The number of amides is 1. The topological polar surface area (TPSA) is 355 Å². The second-order valence-corrected chi connectivity index (χ2v) is 27.7. The van der Waals surface area contributed by atoms with Crippen molar-refractivity contribution < 1.29 is 97.9 Å². The lowest BCUT2D eigenvalue weighted by Crippen LogP contribution is -2.67. The maximum absolute atomic E-state index is 12.9. The Morgan fingerprint density at radius 2 is 1.43 bits per heavy atom. The van der Waals surface area contributed by atoms with Gasteiger partial charge in [-0.2, -0.15) is 0 Å². The Hall–Kier alpha value is -3.94. The van der Waals surface area contributed by atoms with Crippen LogP contribution in [0.1, 0.15) is 156 Å². The van der Waals surface area contributed by atoms with Crippen LogP contribution in [0.25, 0.3) is 11.2 Å². The van der Waals surface area contributed by atoms with Crippen LogP contribution in [0.2, 0.25) is 0 Å². The number of hydrogen-bond acceptors (Lipinski definition) is 23. The van der Waals surface area contributed by atoms with E-state index in [2.05, 4.69) is 27.2 Å². The molecule has 0 radical (unpaired) electrons. The number of imidazole rings is 1. The Labute approximate surface area is 519 Å². The molecule has 11 rings (SSSR count). The first kappa shape index (κ1) is 66.5. The number of unbranched alkanes of at least 4 members (excludes halogenated alkanes) is 2. The molecule has 26 nitrogen and oxygen atoms in total. The molecule has 0 aromatic carbocycles. The van der Waals surface area contributed by atoms with E-state index in [0.717, 1.165) is 44.1 Å². The van der Waals surface area contributed by atoms with E-state index in [-0.39, 0.29) is 92.9 Å². The number of carboxylic acid groups (broad SMARTS) is 1. The van der Waals surface area contributed by atoms with Gasteiger partial charge in [0.15, 0.2) is 30.7 Å². The number of aliphatic hydroxyl groups excluding tert-OH is 6. The maximum Gasteiger partial charge on any atom is 0.331 e. The number of aromatic nitrogens is 4. The van der Waals surface area contributed by atoms with Gasteiger partial charge in [0.25, 0.3) is 0 Å². The second-order valence-electron chi connectivity index (χ2n) is 27.7. The number of rotatable bonds is 23. The monoisotopic (exact) mass is 1260 g/mol. The molecule has 0 bridgehead atoms. The van der Waals surface area contributed by atoms with Gasteiger partial charge in [0.2, 0.25) is 5.91 Å². The summed E-state index contributed by atoms with van der Waals surface area (Å²) < 4.78 is 57.0. The predicted octanol–water partition coefficient (Wildman–Crippen LogP) is 2.67. The molecule has 9 aliphatic rings. The number of carbonyl (C=O) groups excluding carboxylic acids is 2. The van der Waals surface area contributed by atoms with E-state index in [1.165, 1.54) is 17.2 Å². The molecule has 0 spiro atoms. The van der Waals surface area contributed by atoms with Gasteiger partial charge in [-0.25, -0.2) is 19.7 Å². The summed E-state index contributed by atoms with van der Waals surface area (Å²) >= 11 is 0.